The first-order valence-corrected chi connectivity index (χ1v) is 11.5. The van der Waals surface area contributed by atoms with Crippen LogP contribution in [-0.2, 0) is 35.5 Å². The Labute approximate surface area is 188 Å². The van der Waals surface area contributed by atoms with Crippen molar-refractivity contribution in [2.24, 2.45) is 0 Å². The average Bonchev–Trinajstić information content (AvgIpc) is 2.95. The van der Waals surface area contributed by atoms with Crippen LogP contribution in [0.4, 0.5) is 0 Å². The number of hydrogen-bond donors (Lipinski definition) is 0. The van der Waals surface area contributed by atoms with Gasteiger partial charge in [0.25, 0.3) is 0 Å². The van der Waals surface area contributed by atoms with Gasteiger partial charge in [0.15, 0.2) is 0 Å². The molecule has 32 heavy (non-hydrogen) atoms. The number of aryl methyl sites for hydroxylation is 1. The van der Waals surface area contributed by atoms with Gasteiger partial charge in [-0.2, -0.15) is 0 Å². The zero-order valence-corrected chi connectivity index (χ0v) is 18.5. The average molecular weight is 429 g/mol. The summed E-state index contributed by atoms with van der Waals surface area (Å²) >= 11 is 0. The smallest absolute Gasteiger partial charge is 0.325 e. The summed E-state index contributed by atoms with van der Waals surface area (Å²) < 4.78 is 13.5. The second-order valence-electron chi connectivity index (χ2n) is 8.34. The fraction of sp³-hybridized carbons (Fsp3) is 0.333. The maximum absolute atomic E-state index is 12.3. The normalized spacial score (nSPS) is 13.7. The van der Waals surface area contributed by atoms with Gasteiger partial charge in [-0.15, -0.1) is 0 Å². The predicted octanol–water partition coefficient (Wildman–Crippen LogP) is 5.60. The molecule has 0 fully saturated rings. The highest BCUT2D eigenvalue weighted by Crippen LogP contribution is 2.34. The van der Waals surface area contributed by atoms with E-state index in [0.29, 0.717) is 13.2 Å². The summed E-state index contributed by atoms with van der Waals surface area (Å²) in [5.41, 5.74) is 5.60. The molecule has 0 atom stereocenters. The summed E-state index contributed by atoms with van der Waals surface area (Å²) in [5.74, 6) is 0.645. The monoisotopic (exact) mass is 428 g/mol. The van der Waals surface area contributed by atoms with Crippen LogP contribution in [0.3, 0.4) is 0 Å². The van der Waals surface area contributed by atoms with E-state index in [2.05, 4.69) is 28.8 Å². The summed E-state index contributed by atoms with van der Waals surface area (Å²) in [7, 11) is 0. The molecule has 0 saturated heterocycles. The Morgan fingerprint density at radius 3 is 2.81 bits per heavy atom. The minimum Gasteiger partial charge on any atom is -0.487 e. The molecule has 0 N–H and O–H groups in total. The molecule has 2 aromatic carbocycles. The number of aromatic nitrogens is 2. The fourth-order valence-electron chi connectivity index (χ4n) is 4.74. The lowest BCUT2D eigenvalue weighted by Gasteiger charge is -2.11. The predicted molar refractivity (Wildman–Crippen MR) is 126 cm³/mol. The number of para-hydroxylation sites is 1. The minimum atomic E-state index is -0.181. The zero-order valence-electron chi connectivity index (χ0n) is 18.5. The maximum Gasteiger partial charge on any atom is 0.325 e. The molecule has 0 bridgehead atoms. The number of rotatable bonds is 6. The van der Waals surface area contributed by atoms with E-state index in [9.17, 15) is 4.79 Å². The number of esters is 1. The van der Waals surface area contributed by atoms with Crippen LogP contribution < -0.4 is 4.74 Å². The van der Waals surface area contributed by atoms with Gasteiger partial charge in [-0.1, -0.05) is 30.7 Å². The van der Waals surface area contributed by atoms with E-state index < -0.39 is 0 Å². The third-order valence-electron chi connectivity index (χ3n) is 6.23. The molecular weight excluding hydrogens is 400 g/mol. The molecule has 2 aromatic heterocycles. The summed E-state index contributed by atoms with van der Waals surface area (Å²) in [6, 6.07) is 18.4. The van der Waals surface area contributed by atoms with Gasteiger partial charge in [0.05, 0.1) is 17.8 Å². The molecular formula is C27H28N2O3. The molecule has 4 aromatic rings. The fourth-order valence-corrected chi connectivity index (χ4v) is 4.74. The van der Waals surface area contributed by atoms with Crippen LogP contribution in [0.1, 0.15) is 43.1 Å². The van der Waals surface area contributed by atoms with Crippen LogP contribution in [0.25, 0.3) is 21.8 Å². The van der Waals surface area contributed by atoms with Crippen molar-refractivity contribution >= 4 is 27.8 Å². The van der Waals surface area contributed by atoms with Gasteiger partial charge in [0, 0.05) is 22.0 Å². The maximum atomic E-state index is 12.3. The van der Waals surface area contributed by atoms with E-state index in [1.54, 1.807) is 0 Å². The highest BCUT2D eigenvalue weighted by atomic mass is 16.5. The molecule has 0 aliphatic heterocycles. The Morgan fingerprint density at radius 2 is 1.91 bits per heavy atom. The molecule has 1 aliphatic rings. The number of hydrogen-bond acceptors (Lipinski definition) is 4. The Hall–Kier alpha value is -3.34. The van der Waals surface area contributed by atoms with E-state index >= 15 is 0 Å². The van der Waals surface area contributed by atoms with Gasteiger partial charge in [-0.05, 0) is 68.5 Å². The van der Waals surface area contributed by atoms with Crippen LogP contribution in [0.15, 0.2) is 54.6 Å². The van der Waals surface area contributed by atoms with Gasteiger partial charge in [-0.25, -0.2) is 4.98 Å². The van der Waals surface area contributed by atoms with E-state index in [1.165, 1.54) is 29.5 Å². The standard InChI is InChI=1S/C27H28N2O3/c1-2-31-27(30)17-29-25-11-5-3-4-9-22(25)23-16-21(14-15-26(23)29)32-18-20-13-12-19-8-6-7-10-24(19)28-20/h6-8,10,12-16H,2-5,9,11,17-18H2,1H3. The van der Waals surface area contributed by atoms with E-state index in [4.69, 9.17) is 14.5 Å². The van der Waals surface area contributed by atoms with E-state index in [0.717, 1.165) is 47.1 Å². The zero-order chi connectivity index (χ0) is 21.9. The number of benzene rings is 2. The van der Waals surface area contributed by atoms with E-state index in [1.807, 2.05) is 37.3 Å². The quantitative estimate of drug-likeness (QED) is 0.296. The first kappa shape index (κ1) is 20.6. The first-order chi connectivity index (χ1) is 15.7. The van der Waals surface area contributed by atoms with Crippen LogP contribution in [0.2, 0.25) is 0 Å². The summed E-state index contributed by atoms with van der Waals surface area (Å²) in [4.78, 5) is 17.0. The highest BCUT2D eigenvalue weighted by molar-refractivity contribution is 5.88. The van der Waals surface area contributed by atoms with Crippen molar-refractivity contribution in [3.8, 4) is 5.75 Å². The summed E-state index contributed by atoms with van der Waals surface area (Å²) in [6.45, 7) is 2.93. The molecule has 0 amide bonds. The topological polar surface area (TPSA) is 53.4 Å². The Kier molecular flexibility index (Phi) is 5.80. The summed E-state index contributed by atoms with van der Waals surface area (Å²) in [5, 5.41) is 2.32. The molecule has 5 rings (SSSR count). The van der Waals surface area contributed by atoms with Gasteiger partial charge in [0.1, 0.15) is 18.9 Å². The van der Waals surface area contributed by atoms with Gasteiger partial charge >= 0.3 is 5.97 Å². The second-order valence-corrected chi connectivity index (χ2v) is 8.34. The van der Waals surface area contributed by atoms with Gasteiger partial charge in [0.2, 0.25) is 0 Å². The van der Waals surface area contributed by atoms with Crippen molar-refractivity contribution in [2.45, 2.75) is 52.2 Å². The van der Waals surface area contributed by atoms with Crippen molar-refractivity contribution in [1.82, 2.24) is 9.55 Å². The molecule has 164 valence electrons. The molecule has 5 heteroatoms. The number of carbonyl (C=O) groups is 1. The minimum absolute atomic E-state index is 0.181. The lowest BCUT2D eigenvalue weighted by molar-refractivity contribution is -0.143. The van der Waals surface area contributed by atoms with Gasteiger partial charge < -0.3 is 14.0 Å². The van der Waals surface area contributed by atoms with Crippen LogP contribution >= 0.6 is 0 Å². The van der Waals surface area contributed by atoms with Crippen LogP contribution in [0.5, 0.6) is 5.75 Å². The Balaban J connectivity index is 1.44. The van der Waals surface area contributed by atoms with E-state index in [-0.39, 0.29) is 12.5 Å². The molecule has 0 saturated carbocycles. The number of carbonyl (C=O) groups excluding carboxylic acids is 1. The number of ether oxygens (including phenoxy) is 2. The van der Waals surface area contributed by atoms with Crippen molar-refractivity contribution in [2.75, 3.05) is 6.61 Å². The largest absolute Gasteiger partial charge is 0.487 e. The third kappa shape index (κ3) is 4.07. The van der Waals surface area contributed by atoms with Crippen molar-refractivity contribution in [3.63, 3.8) is 0 Å². The van der Waals surface area contributed by atoms with Crippen molar-refractivity contribution < 1.29 is 14.3 Å². The third-order valence-corrected chi connectivity index (χ3v) is 6.23. The summed E-state index contributed by atoms with van der Waals surface area (Å²) in [6.07, 6.45) is 5.60. The molecule has 2 heterocycles. The molecule has 0 unspecified atom stereocenters. The number of pyridine rings is 1. The molecule has 5 nitrogen and oxygen atoms in total. The lowest BCUT2D eigenvalue weighted by Crippen LogP contribution is -2.15. The Morgan fingerprint density at radius 1 is 1.03 bits per heavy atom. The number of fused-ring (bicyclic) bond motifs is 4. The number of nitrogens with zero attached hydrogens (tertiary/aromatic N) is 2. The highest BCUT2D eigenvalue weighted by Gasteiger charge is 2.21. The molecule has 0 radical (unpaired) electrons. The van der Waals surface area contributed by atoms with Crippen LogP contribution in [0, 0.1) is 0 Å². The second kappa shape index (κ2) is 9.03. The molecule has 0 spiro atoms. The SMILES string of the molecule is CCOC(=O)Cn1c2c(c3cc(OCc4ccc5ccccc5n4)ccc31)CCCCC2. The Bertz CT molecular complexity index is 1270. The van der Waals surface area contributed by atoms with Crippen molar-refractivity contribution in [3.05, 3.63) is 71.5 Å². The van der Waals surface area contributed by atoms with Gasteiger partial charge in [-0.3, -0.25) is 4.79 Å². The lowest BCUT2D eigenvalue weighted by atomic mass is 10.1. The first-order valence-electron chi connectivity index (χ1n) is 11.5. The van der Waals surface area contributed by atoms with Crippen LogP contribution in [-0.4, -0.2) is 22.1 Å². The molecule has 1 aliphatic carbocycles. The van der Waals surface area contributed by atoms with Crippen molar-refractivity contribution in [1.29, 1.82) is 0 Å².